The summed E-state index contributed by atoms with van der Waals surface area (Å²) in [7, 11) is 0. The molecule has 31 heavy (non-hydrogen) atoms. The molecular formula is C27H35N3O. The topological polar surface area (TPSA) is 37.3 Å². The zero-order valence-electron chi connectivity index (χ0n) is 19.1. The van der Waals surface area contributed by atoms with Crippen LogP contribution in [0.5, 0.6) is 0 Å². The molecule has 1 atom stereocenters. The molecule has 1 aliphatic heterocycles. The standard InChI is InChI=1S/C27H35N3O/c1-4-21(3)28-27(31)22-13-15-29(16-14-22)19-25-17-23-10-7-8-12-26(23)30(25)18-24-11-6-5-9-20(24)2/h5-12,17,21-22H,4,13-16,18-19H2,1-3H3,(H,28,31). The molecule has 4 rings (SSSR count). The van der Waals surface area contributed by atoms with Crippen LogP contribution in [-0.2, 0) is 17.9 Å². The minimum Gasteiger partial charge on any atom is -0.353 e. The summed E-state index contributed by atoms with van der Waals surface area (Å²) in [6.45, 7) is 10.2. The Morgan fingerprint density at radius 1 is 1.06 bits per heavy atom. The molecule has 2 heterocycles. The van der Waals surface area contributed by atoms with Crippen LogP contribution in [0.3, 0.4) is 0 Å². The lowest BCUT2D eigenvalue weighted by molar-refractivity contribution is -0.127. The van der Waals surface area contributed by atoms with Crippen LogP contribution in [0.25, 0.3) is 10.9 Å². The van der Waals surface area contributed by atoms with Crippen molar-refractivity contribution in [1.82, 2.24) is 14.8 Å². The Kier molecular flexibility index (Phi) is 6.77. The summed E-state index contributed by atoms with van der Waals surface area (Å²) in [5, 5.41) is 4.46. The Morgan fingerprint density at radius 2 is 1.77 bits per heavy atom. The number of rotatable bonds is 7. The number of nitrogens with zero attached hydrogens (tertiary/aromatic N) is 2. The van der Waals surface area contributed by atoms with Crippen molar-refractivity contribution in [3.8, 4) is 0 Å². The van der Waals surface area contributed by atoms with Gasteiger partial charge in [0.1, 0.15) is 0 Å². The van der Waals surface area contributed by atoms with Gasteiger partial charge in [-0.15, -0.1) is 0 Å². The minimum absolute atomic E-state index is 0.156. The van der Waals surface area contributed by atoms with Crippen LogP contribution in [0, 0.1) is 12.8 Å². The van der Waals surface area contributed by atoms with E-state index in [0.29, 0.717) is 0 Å². The number of nitrogens with one attached hydrogen (secondary N) is 1. The smallest absolute Gasteiger partial charge is 0.223 e. The number of amides is 1. The third kappa shape index (κ3) is 5.01. The summed E-state index contributed by atoms with van der Waals surface area (Å²) in [6, 6.07) is 19.9. The van der Waals surface area contributed by atoms with Gasteiger partial charge in [-0.1, -0.05) is 49.4 Å². The van der Waals surface area contributed by atoms with Gasteiger partial charge in [-0.25, -0.2) is 0 Å². The zero-order chi connectivity index (χ0) is 21.8. The van der Waals surface area contributed by atoms with E-state index in [4.69, 9.17) is 0 Å². The number of para-hydroxylation sites is 1. The summed E-state index contributed by atoms with van der Waals surface area (Å²) >= 11 is 0. The Bertz CT molecular complexity index is 1030. The fourth-order valence-electron chi connectivity index (χ4n) is 4.59. The highest BCUT2D eigenvalue weighted by Crippen LogP contribution is 2.25. The number of aryl methyl sites for hydroxylation is 1. The fourth-order valence-corrected chi connectivity index (χ4v) is 4.59. The van der Waals surface area contributed by atoms with Gasteiger partial charge in [0.2, 0.25) is 5.91 Å². The van der Waals surface area contributed by atoms with E-state index in [9.17, 15) is 4.79 Å². The Balaban J connectivity index is 1.48. The minimum atomic E-state index is 0.156. The third-order valence-electron chi connectivity index (χ3n) is 6.83. The van der Waals surface area contributed by atoms with Gasteiger partial charge >= 0.3 is 0 Å². The van der Waals surface area contributed by atoms with Crippen LogP contribution >= 0.6 is 0 Å². The number of carbonyl (C=O) groups excluding carboxylic acids is 1. The van der Waals surface area contributed by atoms with Crippen molar-refractivity contribution in [3.63, 3.8) is 0 Å². The maximum atomic E-state index is 12.5. The van der Waals surface area contributed by atoms with E-state index in [2.05, 4.69) is 90.2 Å². The second-order valence-electron chi connectivity index (χ2n) is 9.08. The molecule has 4 nitrogen and oxygen atoms in total. The maximum Gasteiger partial charge on any atom is 0.223 e. The summed E-state index contributed by atoms with van der Waals surface area (Å²) in [4.78, 5) is 15.0. The number of likely N-dealkylation sites (tertiary alicyclic amines) is 1. The third-order valence-corrected chi connectivity index (χ3v) is 6.83. The van der Waals surface area contributed by atoms with Gasteiger partial charge in [0.15, 0.2) is 0 Å². The highest BCUT2D eigenvalue weighted by molar-refractivity contribution is 5.81. The molecule has 0 radical (unpaired) electrons. The van der Waals surface area contributed by atoms with Crippen LogP contribution < -0.4 is 5.32 Å². The van der Waals surface area contributed by atoms with Crippen molar-refractivity contribution in [2.45, 2.75) is 59.2 Å². The zero-order valence-corrected chi connectivity index (χ0v) is 19.1. The van der Waals surface area contributed by atoms with Crippen LogP contribution in [0.1, 0.15) is 49.9 Å². The molecule has 1 saturated heterocycles. The summed E-state index contributed by atoms with van der Waals surface area (Å²) in [5.41, 5.74) is 5.35. The predicted octanol–water partition coefficient (Wildman–Crippen LogP) is 5.12. The van der Waals surface area contributed by atoms with E-state index in [1.165, 1.54) is 27.7 Å². The number of piperidine rings is 1. The Labute approximate surface area is 186 Å². The van der Waals surface area contributed by atoms with Gasteiger partial charge in [0.05, 0.1) is 0 Å². The van der Waals surface area contributed by atoms with E-state index < -0.39 is 0 Å². The van der Waals surface area contributed by atoms with Gasteiger partial charge < -0.3 is 9.88 Å². The summed E-state index contributed by atoms with van der Waals surface area (Å²) in [5.74, 6) is 0.394. The molecule has 1 fully saturated rings. The van der Waals surface area contributed by atoms with E-state index >= 15 is 0 Å². The average molecular weight is 418 g/mol. The SMILES string of the molecule is CCC(C)NC(=O)C1CCN(Cc2cc3ccccc3n2Cc2ccccc2C)CC1. The van der Waals surface area contributed by atoms with E-state index in [1.807, 2.05) is 0 Å². The molecule has 4 heteroatoms. The van der Waals surface area contributed by atoms with Gasteiger partial charge in [-0.3, -0.25) is 9.69 Å². The molecule has 1 aliphatic rings. The van der Waals surface area contributed by atoms with Crippen LogP contribution in [0.4, 0.5) is 0 Å². The highest BCUT2D eigenvalue weighted by Gasteiger charge is 2.26. The van der Waals surface area contributed by atoms with Crippen molar-refractivity contribution >= 4 is 16.8 Å². The van der Waals surface area contributed by atoms with Crippen molar-refractivity contribution in [3.05, 3.63) is 71.4 Å². The first-order valence-electron chi connectivity index (χ1n) is 11.7. The highest BCUT2D eigenvalue weighted by atomic mass is 16.1. The Morgan fingerprint density at radius 3 is 2.52 bits per heavy atom. The maximum absolute atomic E-state index is 12.5. The van der Waals surface area contributed by atoms with E-state index in [-0.39, 0.29) is 17.9 Å². The van der Waals surface area contributed by atoms with E-state index in [1.54, 1.807) is 0 Å². The van der Waals surface area contributed by atoms with Crippen molar-refractivity contribution in [2.24, 2.45) is 5.92 Å². The van der Waals surface area contributed by atoms with Gasteiger partial charge in [0.25, 0.3) is 0 Å². The summed E-state index contributed by atoms with van der Waals surface area (Å²) in [6.07, 6.45) is 2.87. The quantitative estimate of drug-likeness (QED) is 0.579. The largest absolute Gasteiger partial charge is 0.353 e. The molecule has 0 aliphatic carbocycles. The first-order valence-corrected chi connectivity index (χ1v) is 11.7. The first-order chi connectivity index (χ1) is 15.0. The number of carbonyl (C=O) groups is 1. The van der Waals surface area contributed by atoms with Gasteiger partial charge in [-0.05, 0) is 74.8 Å². The average Bonchev–Trinajstić information content (AvgIpc) is 3.12. The number of aromatic nitrogens is 1. The molecule has 0 saturated carbocycles. The number of benzene rings is 2. The van der Waals surface area contributed by atoms with Crippen molar-refractivity contribution in [2.75, 3.05) is 13.1 Å². The van der Waals surface area contributed by atoms with Gasteiger partial charge in [-0.2, -0.15) is 0 Å². The van der Waals surface area contributed by atoms with E-state index in [0.717, 1.165) is 45.4 Å². The predicted molar refractivity (Wildman–Crippen MR) is 128 cm³/mol. The lowest BCUT2D eigenvalue weighted by atomic mass is 9.95. The normalized spacial score (nSPS) is 16.5. The second kappa shape index (κ2) is 9.69. The number of fused-ring (bicyclic) bond motifs is 1. The number of hydrogen-bond acceptors (Lipinski definition) is 2. The molecule has 0 spiro atoms. The molecule has 1 amide bonds. The van der Waals surface area contributed by atoms with Gasteiger partial charge in [0, 0.05) is 36.3 Å². The lowest BCUT2D eigenvalue weighted by Gasteiger charge is -2.32. The Hall–Kier alpha value is -2.59. The number of hydrogen-bond donors (Lipinski definition) is 1. The molecule has 0 bridgehead atoms. The lowest BCUT2D eigenvalue weighted by Crippen LogP contribution is -2.42. The summed E-state index contributed by atoms with van der Waals surface area (Å²) < 4.78 is 2.47. The van der Waals surface area contributed by atoms with Crippen LogP contribution in [0.2, 0.25) is 0 Å². The molecule has 164 valence electrons. The molecule has 1 N–H and O–H groups in total. The van der Waals surface area contributed by atoms with Crippen molar-refractivity contribution in [1.29, 1.82) is 0 Å². The monoisotopic (exact) mass is 417 g/mol. The fraction of sp³-hybridized carbons (Fsp3) is 0.444. The molecular weight excluding hydrogens is 382 g/mol. The van der Waals surface area contributed by atoms with Crippen LogP contribution in [0.15, 0.2) is 54.6 Å². The molecule has 3 aromatic rings. The van der Waals surface area contributed by atoms with Crippen molar-refractivity contribution < 1.29 is 4.79 Å². The molecule has 1 unspecified atom stereocenters. The second-order valence-corrected chi connectivity index (χ2v) is 9.08. The first kappa shape index (κ1) is 21.6. The molecule has 1 aromatic heterocycles. The molecule has 2 aromatic carbocycles. The van der Waals surface area contributed by atoms with Crippen LogP contribution in [-0.4, -0.2) is 34.5 Å².